The molecule has 4 heteroatoms. The molecule has 0 aliphatic carbocycles. The van der Waals surface area contributed by atoms with Gasteiger partial charge in [0.2, 0.25) is 0 Å². The van der Waals surface area contributed by atoms with Gasteiger partial charge in [0, 0.05) is 25.8 Å². The van der Waals surface area contributed by atoms with Crippen molar-refractivity contribution in [2.45, 2.75) is 19.3 Å². The monoisotopic (exact) mass is 239 g/mol. The zero-order valence-electron chi connectivity index (χ0n) is 10.0. The van der Waals surface area contributed by atoms with Gasteiger partial charge >= 0.3 is 0 Å². The fraction of sp³-hybridized carbons (Fsp3) is 0.462. The Bertz CT molecular complexity index is 351. The van der Waals surface area contributed by atoms with Gasteiger partial charge in [-0.05, 0) is 43.5 Å². The van der Waals surface area contributed by atoms with Gasteiger partial charge in [0.1, 0.15) is 5.82 Å². The molecule has 0 aromatic heterocycles. The van der Waals surface area contributed by atoms with E-state index in [1.54, 1.807) is 11.9 Å². The molecular weight excluding hydrogens is 221 g/mol. The Hall–Kier alpha value is -1.42. The first kappa shape index (κ1) is 13.6. The van der Waals surface area contributed by atoms with Crippen molar-refractivity contribution in [3.63, 3.8) is 0 Å². The van der Waals surface area contributed by atoms with Crippen molar-refractivity contribution >= 4 is 5.91 Å². The largest absolute Gasteiger partial charge is 0.396 e. The topological polar surface area (TPSA) is 40.5 Å². The summed E-state index contributed by atoms with van der Waals surface area (Å²) in [5.74, 6) is -0.443. The molecule has 1 N–H and O–H groups in total. The van der Waals surface area contributed by atoms with Crippen LogP contribution in [0.25, 0.3) is 0 Å². The number of benzene rings is 1. The molecule has 0 unspecified atom stereocenters. The summed E-state index contributed by atoms with van der Waals surface area (Å²) in [4.78, 5) is 13.5. The Balaban J connectivity index is 2.43. The highest BCUT2D eigenvalue weighted by Crippen LogP contribution is 2.07. The lowest BCUT2D eigenvalue weighted by atomic mass is 10.2. The zero-order valence-corrected chi connectivity index (χ0v) is 10.0. The lowest BCUT2D eigenvalue weighted by Crippen LogP contribution is -2.27. The van der Waals surface area contributed by atoms with Crippen LogP contribution < -0.4 is 0 Å². The van der Waals surface area contributed by atoms with Gasteiger partial charge in [-0.2, -0.15) is 0 Å². The molecule has 1 amide bonds. The lowest BCUT2D eigenvalue weighted by Gasteiger charge is -2.16. The molecule has 0 saturated heterocycles. The fourth-order valence-corrected chi connectivity index (χ4v) is 1.55. The normalized spacial score (nSPS) is 10.3. The third kappa shape index (κ3) is 4.53. The van der Waals surface area contributed by atoms with E-state index in [0.29, 0.717) is 12.1 Å². The summed E-state index contributed by atoms with van der Waals surface area (Å²) in [6, 6.07) is 5.55. The third-order valence-electron chi connectivity index (χ3n) is 2.59. The van der Waals surface area contributed by atoms with Crippen LogP contribution >= 0.6 is 0 Å². The van der Waals surface area contributed by atoms with E-state index in [9.17, 15) is 9.18 Å². The molecule has 1 aromatic carbocycles. The minimum atomic E-state index is -0.341. The molecule has 0 saturated carbocycles. The highest BCUT2D eigenvalue weighted by Gasteiger charge is 2.10. The number of amides is 1. The summed E-state index contributed by atoms with van der Waals surface area (Å²) >= 11 is 0. The van der Waals surface area contributed by atoms with Crippen LogP contribution in [0, 0.1) is 5.82 Å². The Kier molecular flexibility index (Phi) is 5.63. The quantitative estimate of drug-likeness (QED) is 0.772. The molecule has 1 aromatic rings. The number of carbonyl (C=O) groups excluding carboxylic acids is 1. The third-order valence-corrected chi connectivity index (χ3v) is 2.59. The van der Waals surface area contributed by atoms with Gasteiger partial charge in [-0.1, -0.05) is 0 Å². The summed E-state index contributed by atoms with van der Waals surface area (Å²) in [6.07, 6.45) is 2.53. The van der Waals surface area contributed by atoms with Gasteiger partial charge in [0.05, 0.1) is 0 Å². The number of hydrogen-bond acceptors (Lipinski definition) is 2. The average molecular weight is 239 g/mol. The van der Waals surface area contributed by atoms with Gasteiger partial charge < -0.3 is 10.0 Å². The predicted molar refractivity (Wildman–Crippen MR) is 64.3 cm³/mol. The van der Waals surface area contributed by atoms with Gasteiger partial charge in [-0.15, -0.1) is 0 Å². The standard InChI is InChI=1S/C13H18FNO2/c1-15(9-3-2-4-10-16)13(17)11-5-7-12(14)8-6-11/h5-8,16H,2-4,9-10H2,1H3. The van der Waals surface area contributed by atoms with Crippen LogP contribution in [0.1, 0.15) is 29.6 Å². The van der Waals surface area contributed by atoms with Gasteiger partial charge in [-0.3, -0.25) is 4.79 Å². The van der Waals surface area contributed by atoms with Crippen molar-refractivity contribution < 1.29 is 14.3 Å². The van der Waals surface area contributed by atoms with Crippen LogP contribution in [-0.4, -0.2) is 36.1 Å². The lowest BCUT2D eigenvalue weighted by molar-refractivity contribution is 0.0792. The molecule has 0 bridgehead atoms. The molecule has 0 aliphatic heterocycles. The van der Waals surface area contributed by atoms with Gasteiger partial charge in [-0.25, -0.2) is 4.39 Å². The van der Waals surface area contributed by atoms with Crippen molar-refractivity contribution in [3.8, 4) is 0 Å². The van der Waals surface area contributed by atoms with E-state index in [1.165, 1.54) is 24.3 Å². The van der Waals surface area contributed by atoms with E-state index in [1.807, 2.05) is 0 Å². The molecular formula is C13H18FNO2. The van der Waals surface area contributed by atoms with E-state index in [-0.39, 0.29) is 18.3 Å². The zero-order chi connectivity index (χ0) is 12.7. The molecule has 17 heavy (non-hydrogen) atoms. The Labute approximate surface area is 101 Å². The first-order chi connectivity index (χ1) is 8.15. The maximum absolute atomic E-state index is 12.7. The first-order valence-electron chi connectivity index (χ1n) is 5.77. The SMILES string of the molecule is CN(CCCCCO)C(=O)c1ccc(F)cc1. The Morgan fingerprint density at radius 2 is 1.88 bits per heavy atom. The maximum atomic E-state index is 12.7. The van der Waals surface area contributed by atoms with Crippen LogP contribution in [0.4, 0.5) is 4.39 Å². The van der Waals surface area contributed by atoms with Crippen LogP contribution in [0.3, 0.4) is 0 Å². The number of aliphatic hydroxyl groups excluding tert-OH is 1. The summed E-state index contributed by atoms with van der Waals surface area (Å²) < 4.78 is 12.7. The van der Waals surface area contributed by atoms with E-state index < -0.39 is 0 Å². The summed E-state index contributed by atoms with van der Waals surface area (Å²) in [7, 11) is 1.73. The van der Waals surface area contributed by atoms with Crippen LogP contribution in [0.2, 0.25) is 0 Å². The molecule has 1 rings (SSSR count). The van der Waals surface area contributed by atoms with Crippen LogP contribution in [-0.2, 0) is 0 Å². The molecule has 94 valence electrons. The minimum Gasteiger partial charge on any atom is -0.396 e. The van der Waals surface area contributed by atoms with Crippen molar-refractivity contribution in [1.29, 1.82) is 0 Å². The highest BCUT2D eigenvalue weighted by atomic mass is 19.1. The molecule has 0 atom stereocenters. The number of nitrogens with zero attached hydrogens (tertiary/aromatic N) is 1. The summed E-state index contributed by atoms with van der Waals surface area (Å²) in [5.41, 5.74) is 0.496. The molecule has 0 heterocycles. The molecule has 0 fully saturated rings. The van der Waals surface area contributed by atoms with Crippen molar-refractivity contribution in [2.24, 2.45) is 0 Å². The van der Waals surface area contributed by atoms with Crippen molar-refractivity contribution in [2.75, 3.05) is 20.2 Å². The van der Waals surface area contributed by atoms with E-state index in [2.05, 4.69) is 0 Å². The second-order valence-corrected chi connectivity index (χ2v) is 4.02. The number of aliphatic hydroxyl groups is 1. The maximum Gasteiger partial charge on any atom is 0.253 e. The van der Waals surface area contributed by atoms with Gasteiger partial charge in [0.25, 0.3) is 5.91 Å². The summed E-state index contributed by atoms with van der Waals surface area (Å²) in [6.45, 7) is 0.839. The number of rotatable bonds is 6. The molecule has 0 radical (unpaired) electrons. The predicted octanol–water partition coefficient (Wildman–Crippen LogP) is 2.06. The minimum absolute atomic E-state index is 0.103. The molecule has 3 nitrogen and oxygen atoms in total. The van der Waals surface area contributed by atoms with Gasteiger partial charge in [0.15, 0.2) is 0 Å². The first-order valence-corrected chi connectivity index (χ1v) is 5.77. The second-order valence-electron chi connectivity index (χ2n) is 4.02. The number of unbranched alkanes of at least 4 members (excludes halogenated alkanes) is 2. The van der Waals surface area contributed by atoms with E-state index in [4.69, 9.17) is 5.11 Å². The fourth-order valence-electron chi connectivity index (χ4n) is 1.55. The number of halogens is 1. The smallest absolute Gasteiger partial charge is 0.253 e. The average Bonchev–Trinajstić information content (AvgIpc) is 2.34. The highest BCUT2D eigenvalue weighted by molar-refractivity contribution is 5.93. The van der Waals surface area contributed by atoms with E-state index in [0.717, 1.165) is 19.3 Å². The summed E-state index contributed by atoms with van der Waals surface area (Å²) in [5, 5.41) is 8.63. The molecule has 0 aliphatic rings. The van der Waals surface area contributed by atoms with Crippen LogP contribution in [0.5, 0.6) is 0 Å². The second kappa shape index (κ2) is 7.01. The van der Waals surface area contributed by atoms with E-state index >= 15 is 0 Å². The Morgan fingerprint density at radius 3 is 2.47 bits per heavy atom. The van der Waals surface area contributed by atoms with Crippen molar-refractivity contribution in [3.05, 3.63) is 35.6 Å². The molecule has 0 spiro atoms. The number of hydrogen-bond donors (Lipinski definition) is 1. The van der Waals surface area contributed by atoms with Crippen molar-refractivity contribution in [1.82, 2.24) is 4.90 Å². The number of carbonyl (C=O) groups is 1. The Morgan fingerprint density at radius 1 is 1.24 bits per heavy atom. The van der Waals surface area contributed by atoms with Crippen LogP contribution in [0.15, 0.2) is 24.3 Å².